The fourth-order valence-electron chi connectivity index (χ4n) is 3.46. The monoisotopic (exact) mass is 443 g/mol. The molecule has 0 saturated heterocycles. The third-order valence-corrected chi connectivity index (χ3v) is 8.18. The lowest BCUT2D eigenvalue weighted by molar-refractivity contribution is 0.193. The van der Waals surface area contributed by atoms with Gasteiger partial charge in [-0.25, -0.2) is 8.13 Å². The van der Waals surface area contributed by atoms with Crippen LogP contribution >= 0.6 is 28.6 Å². The molecule has 122 valence electrons. The van der Waals surface area contributed by atoms with E-state index in [0.717, 1.165) is 40.4 Å². The molecule has 1 fully saturated rings. The summed E-state index contributed by atoms with van der Waals surface area (Å²) in [4.78, 5) is 11.9. The molecule has 3 heterocycles. The van der Waals surface area contributed by atoms with Crippen LogP contribution in [0.5, 0.6) is 0 Å². The number of hydrogen-bond acceptors (Lipinski definition) is 7. The number of hydrogen-bond donors (Lipinski definition) is 2. The lowest BCUT2D eigenvalue weighted by Crippen LogP contribution is -2.46. The summed E-state index contributed by atoms with van der Waals surface area (Å²) in [6.07, 6.45) is 7.78. The molecular weight excluding hydrogens is 425 g/mol. The third kappa shape index (κ3) is 2.70. The van der Waals surface area contributed by atoms with Gasteiger partial charge >= 0.3 is 0 Å². The van der Waals surface area contributed by atoms with Crippen molar-refractivity contribution >= 4 is 46.4 Å². The van der Waals surface area contributed by atoms with Crippen LogP contribution < -0.4 is 10.6 Å². The highest BCUT2D eigenvalue weighted by molar-refractivity contribution is 14.2. The van der Waals surface area contributed by atoms with Crippen molar-refractivity contribution in [3.8, 4) is 0 Å². The van der Waals surface area contributed by atoms with Crippen molar-refractivity contribution in [2.75, 3.05) is 10.6 Å². The molecule has 0 amide bonds. The second-order valence-corrected chi connectivity index (χ2v) is 9.75. The van der Waals surface area contributed by atoms with Crippen LogP contribution in [0.4, 0.5) is 11.8 Å². The van der Waals surface area contributed by atoms with E-state index in [1.165, 1.54) is 12.8 Å². The molecule has 0 radical (unpaired) electrons. The summed E-state index contributed by atoms with van der Waals surface area (Å²) in [5.41, 5.74) is 8.62. The molecule has 8 heteroatoms. The SMILES string of the molecule is Cc1nc(N)nc2c1C=C(C1=CN=IS1)C(O)N2C1CCCC1. The predicted octanol–water partition coefficient (Wildman–Crippen LogP) is 3.49. The lowest BCUT2D eigenvalue weighted by Gasteiger charge is -2.39. The topological polar surface area (TPSA) is 87.6 Å². The van der Waals surface area contributed by atoms with Gasteiger partial charge in [0.05, 0.1) is 25.3 Å². The van der Waals surface area contributed by atoms with Gasteiger partial charge in [0.2, 0.25) is 5.95 Å². The van der Waals surface area contributed by atoms with Gasteiger partial charge in [0.15, 0.2) is 6.23 Å². The normalized spacial score (nSPS) is 24.3. The number of nitrogen functional groups attached to an aromatic ring is 1. The zero-order chi connectivity index (χ0) is 16.0. The molecule has 2 aliphatic heterocycles. The summed E-state index contributed by atoms with van der Waals surface area (Å²) in [5.74, 6) is 1.04. The van der Waals surface area contributed by atoms with Gasteiger partial charge < -0.3 is 15.7 Å². The maximum absolute atomic E-state index is 11.1. The first-order valence-electron chi connectivity index (χ1n) is 7.69. The minimum absolute atomic E-state index is 0.224. The van der Waals surface area contributed by atoms with E-state index in [1.807, 2.05) is 19.2 Å². The van der Waals surface area contributed by atoms with Crippen LogP contribution in [0.3, 0.4) is 0 Å². The van der Waals surface area contributed by atoms with Crippen molar-refractivity contribution in [2.45, 2.75) is 44.9 Å². The van der Waals surface area contributed by atoms with Crippen LogP contribution in [0.15, 0.2) is 19.8 Å². The Morgan fingerprint density at radius 3 is 2.83 bits per heavy atom. The van der Waals surface area contributed by atoms with E-state index in [2.05, 4.69) is 18.0 Å². The second kappa shape index (κ2) is 6.14. The van der Waals surface area contributed by atoms with Gasteiger partial charge in [-0.05, 0) is 34.8 Å². The van der Waals surface area contributed by atoms with Crippen molar-refractivity contribution < 1.29 is 5.11 Å². The van der Waals surface area contributed by atoms with E-state index in [0.29, 0.717) is 6.04 Å². The summed E-state index contributed by atoms with van der Waals surface area (Å²) >= 11 is -0.224. The molecule has 1 aromatic rings. The van der Waals surface area contributed by atoms with E-state index >= 15 is 0 Å². The molecule has 3 N–H and O–H groups in total. The molecule has 23 heavy (non-hydrogen) atoms. The van der Waals surface area contributed by atoms with Crippen LogP contribution in [0.25, 0.3) is 6.08 Å². The lowest BCUT2D eigenvalue weighted by atomic mass is 10.00. The minimum atomic E-state index is -0.685. The molecule has 1 aliphatic carbocycles. The molecule has 0 bridgehead atoms. The first-order chi connectivity index (χ1) is 11.1. The molecule has 0 aromatic carbocycles. The Labute approximate surface area is 147 Å². The maximum atomic E-state index is 11.1. The van der Waals surface area contributed by atoms with Gasteiger partial charge in [-0.2, -0.15) is 4.98 Å². The van der Waals surface area contributed by atoms with Gasteiger partial charge in [-0.3, -0.25) is 0 Å². The zero-order valence-electron chi connectivity index (χ0n) is 12.7. The smallest absolute Gasteiger partial charge is 0.222 e. The molecule has 3 aliphatic rings. The molecule has 0 spiro atoms. The first kappa shape index (κ1) is 15.5. The number of nitrogens with zero attached hydrogens (tertiary/aromatic N) is 4. The van der Waals surface area contributed by atoms with E-state index < -0.39 is 6.23 Å². The number of fused-ring (bicyclic) bond motifs is 1. The van der Waals surface area contributed by atoms with E-state index in [4.69, 9.17) is 5.73 Å². The quantitative estimate of drug-likeness (QED) is 0.681. The van der Waals surface area contributed by atoms with Crippen molar-refractivity contribution in [3.05, 3.63) is 27.9 Å². The Hall–Kier alpha value is -1.000. The van der Waals surface area contributed by atoms with Crippen LogP contribution in [-0.4, -0.2) is 27.3 Å². The van der Waals surface area contributed by atoms with Crippen molar-refractivity contribution in [3.63, 3.8) is 0 Å². The molecule has 1 unspecified atom stereocenters. The van der Waals surface area contributed by atoms with Gasteiger partial charge in [0.25, 0.3) is 0 Å². The van der Waals surface area contributed by atoms with Crippen LogP contribution in [0.2, 0.25) is 0 Å². The summed E-state index contributed by atoms with van der Waals surface area (Å²) < 4.78 is 4.38. The van der Waals surface area contributed by atoms with E-state index in [9.17, 15) is 5.11 Å². The van der Waals surface area contributed by atoms with Crippen LogP contribution in [0.1, 0.15) is 36.9 Å². The Kier molecular flexibility index (Phi) is 4.14. The van der Waals surface area contributed by atoms with Gasteiger partial charge in [-0.15, -0.1) is 0 Å². The Morgan fingerprint density at radius 2 is 2.13 bits per heavy atom. The number of aryl methyl sites for hydroxylation is 1. The average molecular weight is 443 g/mol. The second-order valence-electron chi connectivity index (χ2n) is 5.96. The minimum Gasteiger partial charge on any atom is -0.369 e. The van der Waals surface area contributed by atoms with Gasteiger partial charge in [0, 0.05) is 28.3 Å². The Balaban J connectivity index is 1.86. The maximum Gasteiger partial charge on any atom is 0.222 e. The number of anilines is 2. The predicted molar refractivity (Wildman–Crippen MR) is 102 cm³/mol. The summed E-state index contributed by atoms with van der Waals surface area (Å²) in [6, 6.07) is 0.305. The fraction of sp³-hybridized carbons (Fsp3) is 0.467. The standard InChI is InChI=1S/C15H18IN5OS/c1-8-10-6-11(12-7-18-16-23-12)14(22)21(9-4-2-3-5-9)13(10)20-15(17)19-8/h6-7,9,14,22H,2-5H2,1H3,(H2,17,19,20). The molecule has 1 aromatic heterocycles. The van der Waals surface area contributed by atoms with Crippen molar-refractivity contribution in [2.24, 2.45) is 3.15 Å². The summed E-state index contributed by atoms with van der Waals surface area (Å²) in [6.45, 7) is 1.95. The van der Waals surface area contributed by atoms with E-state index in [1.54, 1.807) is 8.93 Å². The average Bonchev–Trinajstić information content (AvgIpc) is 3.20. The molecule has 4 rings (SSSR count). The van der Waals surface area contributed by atoms with Crippen molar-refractivity contribution in [1.82, 2.24) is 9.97 Å². The highest BCUT2D eigenvalue weighted by Crippen LogP contribution is 2.47. The third-order valence-electron chi connectivity index (χ3n) is 4.55. The first-order valence-corrected chi connectivity index (χ1v) is 12.0. The van der Waals surface area contributed by atoms with Crippen LogP contribution in [0, 0.1) is 6.92 Å². The summed E-state index contributed by atoms with van der Waals surface area (Å²) in [5, 5.41) is 11.1. The highest BCUT2D eigenvalue weighted by atomic mass is 127. The zero-order valence-corrected chi connectivity index (χ0v) is 15.7. The fourth-order valence-corrected chi connectivity index (χ4v) is 6.85. The summed E-state index contributed by atoms with van der Waals surface area (Å²) in [7, 11) is 1.76. The number of nitrogens with two attached hydrogens (primary N) is 1. The van der Waals surface area contributed by atoms with E-state index in [-0.39, 0.29) is 25.6 Å². The Morgan fingerprint density at radius 1 is 1.35 bits per heavy atom. The number of halogens is 1. The largest absolute Gasteiger partial charge is 0.369 e. The molecule has 1 saturated carbocycles. The number of aliphatic hydroxyl groups excluding tert-OH is 1. The van der Waals surface area contributed by atoms with Crippen molar-refractivity contribution in [1.29, 1.82) is 0 Å². The Bertz CT molecular complexity index is 742. The van der Waals surface area contributed by atoms with Gasteiger partial charge in [0.1, 0.15) is 5.82 Å². The number of aliphatic hydroxyl groups is 1. The molecular formula is C15H18IN5OS. The number of rotatable bonds is 2. The molecule has 6 nitrogen and oxygen atoms in total. The van der Waals surface area contributed by atoms with Crippen LogP contribution in [-0.2, 0) is 0 Å². The van der Waals surface area contributed by atoms with Gasteiger partial charge in [-0.1, -0.05) is 12.8 Å². The highest BCUT2D eigenvalue weighted by Gasteiger charge is 2.37. The molecule has 1 atom stereocenters. The number of aromatic nitrogens is 2.